The molecule has 2 rings (SSSR count). The maximum absolute atomic E-state index is 12.1. The van der Waals surface area contributed by atoms with Crippen LogP contribution in [0.1, 0.15) is 16.8 Å². The smallest absolute Gasteiger partial charge is 0.253 e. The Bertz CT molecular complexity index is 424. The Kier molecular flexibility index (Phi) is 3.52. The number of carbonyl (C=O) groups is 1. The monoisotopic (exact) mass is 302 g/mol. The van der Waals surface area contributed by atoms with Crippen LogP contribution < -0.4 is 5.73 Å². The highest BCUT2D eigenvalue weighted by molar-refractivity contribution is 9.10. The molecule has 0 radical (unpaired) electrons. The highest BCUT2D eigenvalue weighted by Gasteiger charge is 2.24. The molecule has 1 aliphatic rings. The van der Waals surface area contributed by atoms with Crippen molar-refractivity contribution in [3.63, 3.8) is 0 Å². The molecule has 2 N–H and O–H groups in total. The molecule has 0 saturated carbocycles. The molecule has 0 aliphatic carbocycles. The molecule has 0 unspecified atom stereocenters. The highest BCUT2D eigenvalue weighted by atomic mass is 79.9. The number of rotatable bonds is 1. The summed E-state index contributed by atoms with van der Waals surface area (Å²) in [5.74, 6) is 0.0188. The predicted octanol–water partition coefficient (Wildman–Crippen LogP) is 2.28. The Labute approximate surface area is 108 Å². The summed E-state index contributed by atoms with van der Waals surface area (Å²) in [4.78, 5) is 13.8. The Morgan fingerprint density at radius 2 is 2.31 bits per heavy atom. The fraction of sp³-hybridized carbons (Fsp3) is 0.364. The molecule has 1 heterocycles. The van der Waals surface area contributed by atoms with E-state index in [1.165, 1.54) is 0 Å². The topological polar surface area (TPSA) is 46.3 Å². The van der Waals surface area contributed by atoms with Crippen LogP contribution in [0.2, 0.25) is 5.02 Å². The van der Waals surface area contributed by atoms with Gasteiger partial charge in [0.25, 0.3) is 5.91 Å². The van der Waals surface area contributed by atoms with Gasteiger partial charge in [0.1, 0.15) is 0 Å². The van der Waals surface area contributed by atoms with E-state index in [0.717, 1.165) is 17.4 Å². The van der Waals surface area contributed by atoms with E-state index in [-0.39, 0.29) is 11.9 Å². The Hall–Kier alpha value is -0.580. The van der Waals surface area contributed by atoms with Crippen LogP contribution in [0.4, 0.5) is 0 Å². The zero-order chi connectivity index (χ0) is 11.7. The average molecular weight is 304 g/mol. The van der Waals surface area contributed by atoms with Gasteiger partial charge >= 0.3 is 0 Å². The second kappa shape index (κ2) is 4.73. The van der Waals surface area contributed by atoms with E-state index in [4.69, 9.17) is 17.3 Å². The average Bonchev–Trinajstić information content (AvgIpc) is 2.68. The van der Waals surface area contributed by atoms with Crippen LogP contribution in [-0.2, 0) is 0 Å². The molecule has 5 heteroatoms. The maximum Gasteiger partial charge on any atom is 0.253 e. The van der Waals surface area contributed by atoms with E-state index >= 15 is 0 Å². The molecule has 0 aromatic heterocycles. The van der Waals surface area contributed by atoms with E-state index in [0.29, 0.717) is 17.1 Å². The lowest BCUT2D eigenvalue weighted by Crippen LogP contribution is -2.31. The first-order chi connectivity index (χ1) is 7.58. The SMILES string of the molecule is N[C@H]1CCN(C(=O)c2ccc(Cl)c(Br)c2)C1. The molecule has 1 aromatic carbocycles. The largest absolute Gasteiger partial charge is 0.337 e. The van der Waals surface area contributed by atoms with Crippen LogP contribution in [0.25, 0.3) is 0 Å². The van der Waals surface area contributed by atoms with E-state index in [2.05, 4.69) is 15.9 Å². The number of hydrogen-bond acceptors (Lipinski definition) is 2. The predicted molar refractivity (Wildman–Crippen MR) is 67.6 cm³/mol. The van der Waals surface area contributed by atoms with Gasteiger partial charge in [0.05, 0.1) is 5.02 Å². The third-order valence-electron chi connectivity index (χ3n) is 2.68. The number of nitrogens with zero attached hydrogens (tertiary/aromatic N) is 1. The fourth-order valence-corrected chi connectivity index (χ4v) is 2.28. The number of halogens is 2. The van der Waals surface area contributed by atoms with Crippen LogP contribution in [0.15, 0.2) is 22.7 Å². The van der Waals surface area contributed by atoms with Crippen molar-refractivity contribution in [2.45, 2.75) is 12.5 Å². The first kappa shape index (κ1) is 11.9. The molecule has 0 bridgehead atoms. The quantitative estimate of drug-likeness (QED) is 0.865. The van der Waals surface area contributed by atoms with Gasteiger partial charge < -0.3 is 10.6 Å². The molecule has 1 aromatic rings. The van der Waals surface area contributed by atoms with Gasteiger partial charge in [-0.2, -0.15) is 0 Å². The van der Waals surface area contributed by atoms with Crippen molar-refractivity contribution in [3.05, 3.63) is 33.3 Å². The summed E-state index contributed by atoms with van der Waals surface area (Å²) in [7, 11) is 0. The summed E-state index contributed by atoms with van der Waals surface area (Å²) in [6.45, 7) is 1.37. The van der Waals surface area contributed by atoms with Gasteiger partial charge in [-0.25, -0.2) is 0 Å². The third kappa shape index (κ3) is 2.39. The van der Waals surface area contributed by atoms with Crippen LogP contribution >= 0.6 is 27.5 Å². The Morgan fingerprint density at radius 1 is 1.56 bits per heavy atom. The van der Waals surface area contributed by atoms with Gasteiger partial charge in [0.15, 0.2) is 0 Å². The molecule has 3 nitrogen and oxygen atoms in total. The zero-order valence-electron chi connectivity index (χ0n) is 8.62. The van der Waals surface area contributed by atoms with Crippen molar-refractivity contribution in [1.82, 2.24) is 4.90 Å². The first-order valence-electron chi connectivity index (χ1n) is 5.08. The van der Waals surface area contributed by atoms with Crippen molar-refractivity contribution < 1.29 is 4.79 Å². The molecule has 0 spiro atoms. The van der Waals surface area contributed by atoms with Crippen LogP contribution in [-0.4, -0.2) is 29.9 Å². The molecule has 1 saturated heterocycles. The second-order valence-electron chi connectivity index (χ2n) is 3.93. The summed E-state index contributed by atoms with van der Waals surface area (Å²) >= 11 is 9.18. The lowest BCUT2D eigenvalue weighted by molar-refractivity contribution is 0.0791. The molecule has 1 amide bonds. The minimum absolute atomic E-state index is 0.0188. The van der Waals surface area contributed by atoms with Crippen molar-refractivity contribution in [3.8, 4) is 0 Å². The van der Waals surface area contributed by atoms with Gasteiger partial charge in [0, 0.05) is 29.2 Å². The number of hydrogen-bond donors (Lipinski definition) is 1. The standard InChI is InChI=1S/C11H12BrClN2O/c12-9-5-7(1-2-10(9)13)11(16)15-4-3-8(14)6-15/h1-2,5,8H,3-4,6,14H2/t8-/m0/s1. The number of benzene rings is 1. The van der Waals surface area contributed by atoms with Crippen LogP contribution in [0, 0.1) is 0 Å². The van der Waals surface area contributed by atoms with Crippen LogP contribution in [0.3, 0.4) is 0 Å². The first-order valence-corrected chi connectivity index (χ1v) is 6.25. The highest BCUT2D eigenvalue weighted by Crippen LogP contribution is 2.24. The van der Waals surface area contributed by atoms with E-state index in [9.17, 15) is 4.79 Å². The molecule has 1 fully saturated rings. The zero-order valence-corrected chi connectivity index (χ0v) is 11.0. The van der Waals surface area contributed by atoms with E-state index < -0.39 is 0 Å². The minimum Gasteiger partial charge on any atom is -0.337 e. The van der Waals surface area contributed by atoms with Crippen molar-refractivity contribution in [2.75, 3.05) is 13.1 Å². The molecule has 86 valence electrons. The lowest BCUT2D eigenvalue weighted by Gasteiger charge is -2.15. The van der Waals surface area contributed by atoms with Gasteiger partial charge in [-0.05, 0) is 40.5 Å². The number of amides is 1. The number of nitrogens with two attached hydrogens (primary N) is 1. The summed E-state index contributed by atoms with van der Waals surface area (Å²) in [6, 6.07) is 5.31. The summed E-state index contributed by atoms with van der Waals surface area (Å²) in [6.07, 6.45) is 0.875. The molecular weight excluding hydrogens is 291 g/mol. The Balaban J connectivity index is 2.18. The molecule has 1 atom stereocenters. The van der Waals surface area contributed by atoms with E-state index in [1.54, 1.807) is 23.1 Å². The van der Waals surface area contributed by atoms with Crippen LogP contribution in [0.5, 0.6) is 0 Å². The van der Waals surface area contributed by atoms with Gasteiger partial charge in [0.2, 0.25) is 0 Å². The molecule has 1 aliphatic heterocycles. The normalized spacial score (nSPS) is 20.2. The minimum atomic E-state index is 0.0188. The summed E-state index contributed by atoms with van der Waals surface area (Å²) in [5, 5.41) is 0.606. The van der Waals surface area contributed by atoms with Crippen molar-refractivity contribution in [2.24, 2.45) is 5.73 Å². The number of carbonyl (C=O) groups excluding carboxylic acids is 1. The van der Waals surface area contributed by atoms with Crippen molar-refractivity contribution >= 4 is 33.4 Å². The van der Waals surface area contributed by atoms with Gasteiger partial charge in [-0.1, -0.05) is 11.6 Å². The molecule has 16 heavy (non-hydrogen) atoms. The maximum atomic E-state index is 12.1. The summed E-state index contributed by atoms with van der Waals surface area (Å²) in [5.41, 5.74) is 6.41. The second-order valence-corrected chi connectivity index (χ2v) is 5.19. The van der Waals surface area contributed by atoms with Gasteiger partial charge in [-0.15, -0.1) is 0 Å². The Morgan fingerprint density at radius 3 is 2.88 bits per heavy atom. The van der Waals surface area contributed by atoms with Crippen molar-refractivity contribution in [1.29, 1.82) is 0 Å². The fourth-order valence-electron chi connectivity index (χ4n) is 1.78. The molecular formula is C11H12BrClN2O. The van der Waals surface area contributed by atoms with E-state index in [1.807, 2.05) is 0 Å². The number of likely N-dealkylation sites (tertiary alicyclic amines) is 1. The summed E-state index contributed by atoms with van der Waals surface area (Å²) < 4.78 is 0.739. The van der Waals surface area contributed by atoms with Gasteiger partial charge in [-0.3, -0.25) is 4.79 Å². The lowest BCUT2D eigenvalue weighted by atomic mass is 10.2. The third-order valence-corrected chi connectivity index (χ3v) is 3.89.